The molecule has 0 aromatic rings. The number of hydrogen-bond acceptors (Lipinski definition) is 3. The number of nitrogens with one attached hydrogen (secondary N) is 1. The number of carbonyl (C=O) groups excluding carboxylic acids is 1. The van der Waals surface area contributed by atoms with Crippen LogP contribution in [0.5, 0.6) is 0 Å². The minimum absolute atomic E-state index is 0.242. The van der Waals surface area contributed by atoms with Crippen molar-refractivity contribution in [1.29, 1.82) is 0 Å². The third kappa shape index (κ3) is 5.11. The maximum atomic E-state index is 11.5. The lowest BCUT2D eigenvalue weighted by Gasteiger charge is -2.38. The molecule has 1 saturated heterocycles. The zero-order valence-corrected chi connectivity index (χ0v) is 13.1. The summed E-state index contributed by atoms with van der Waals surface area (Å²) in [6.45, 7) is 12.8. The minimum Gasteiger partial charge on any atom is -0.368 e. The quantitative estimate of drug-likeness (QED) is 0.740. The lowest BCUT2D eigenvalue weighted by Crippen LogP contribution is -2.53. The predicted molar refractivity (Wildman–Crippen MR) is 80.0 cm³/mol. The maximum Gasteiger partial charge on any atom is 0.237 e. The lowest BCUT2D eigenvalue weighted by atomic mass is 9.84. The van der Waals surface area contributed by atoms with Gasteiger partial charge in [0.1, 0.15) is 0 Å². The molecule has 1 unspecified atom stereocenters. The summed E-state index contributed by atoms with van der Waals surface area (Å²) >= 11 is 0. The molecule has 0 aromatic carbocycles. The molecule has 1 atom stereocenters. The van der Waals surface area contributed by atoms with Crippen LogP contribution in [0.1, 0.15) is 53.4 Å². The molecule has 0 radical (unpaired) electrons. The fourth-order valence-electron chi connectivity index (χ4n) is 3.08. The number of rotatable bonds is 7. The van der Waals surface area contributed by atoms with E-state index in [2.05, 4.69) is 24.1 Å². The number of amides is 1. The third-order valence-electron chi connectivity index (χ3n) is 4.24. The molecule has 0 aromatic heterocycles. The number of likely N-dealkylation sites (tertiary alicyclic amines) is 1. The Hall–Kier alpha value is -0.610. The van der Waals surface area contributed by atoms with Crippen LogP contribution >= 0.6 is 0 Å². The van der Waals surface area contributed by atoms with Crippen LogP contribution in [0.25, 0.3) is 0 Å². The van der Waals surface area contributed by atoms with Crippen molar-refractivity contribution in [2.75, 3.05) is 26.2 Å². The Morgan fingerprint density at radius 2 is 2.16 bits per heavy atom. The number of likely N-dealkylation sites (N-methyl/N-ethyl adjacent to an activating group) is 1. The number of piperidine rings is 1. The molecule has 0 aliphatic carbocycles. The smallest absolute Gasteiger partial charge is 0.237 e. The van der Waals surface area contributed by atoms with Crippen molar-refractivity contribution in [2.24, 2.45) is 11.1 Å². The highest BCUT2D eigenvalue weighted by atomic mass is 16.1. The number of nitrogens with zero attached hydrogens (tertiary/aromatic N) is 1. The fourth-order valence-corrected chi connectivity index (χ4v) is 3.08. The van der Waals surface area contributed by atoms with Crippen molar-refractivity contribution < 1.29 is 4.79 Å². The molecule has 1 rings (SSSR count). The fraction of sp³-hybridized carbons (Fsp3) is 0.933. The van der Waals surface area contributed by atoms with Gasteiger partial charge in [0.2, 0.25) is 5.91 Å². The SMILES string of the molecule is CCNC(C)(CCCN1CCCC(C)(C)C1)C(N)=O. The number of nitrogens with two attached hydrogens (primary N) is 1. The molecule has 1 aliphatic rings. The summed E-state index contributed by atoms with van der Waals surface area (Å²) in [5.74, 6) is -0.242. The highest BCUT2D eigenvalue weighted by molar-refractivity contribution is 5.84. The Kier molecular flexibility index (Phi) is 5.81. The van der Waals surface area contributed by atoms with Crippen LogP contribution in [0, 0.1) is 5.41 Å². The lowest BCUT2D eigenvalue weighted by molar-refractivity contribution is -0.124. The first-order valence-corrected chi connectivity index (χ1v) is 7.56. The monoisotopic (exact) mass is 269 g/mol. The zero-order chi connectivity index (χ0) is 14.5. The maximum absolute atomic E-state index is 11.5. The minimum atomic E-state index is -0.556. The average Bonchev–Trinajstić information content (AvgIpc) is 2.27. The van der Waals surface area contributed by atoms with Gasteiger partial charge in [0, 0.05) is 6.54 Å². The van der Waals surface area contributed by atoms with Gasteiger partial charge in [-0.05, 0) is 57.7 Å². The molecule has 112 valence electrons. The van der Waals surface area contributed by atoms with Crippen molar-refractivity contribution >= 4 is 5.91 Å². The van der Waals surface area contributed by atoms with E-state index in [9.17, 15) is 4.79 Å². The second kappa shape index (κ2) is 6.71. The Morgan fingerprint density at radius 1 is 1.47 bits per heavy atom. The molecule has 4 heteroatoms. The van der Waals surface area contributed by atoms with Crippen LogP contribution in [0.3, 0.4) is 0 Å². The van der Waals surface area contributed by atoms with Crippen LogP contribution in [-0.4, -0.2) is 42.5 Å². The second-order valence-corrected chi connectivity index (χ2v) is 6.87. The highest BCUT2D eigenvalue weighted by Gasteiger charge is 2.30. The van der Waals surface area contributed by atoms with E-state index in [-0.39, 0.29) is 5.91 Å². The van der Waals surface area contributed by atoms with Gasteiger partial charge in [-0.3, -0.25) is 4.79 Å². The molecule has 3 N–H and O–H groups in total. The normalized spacial score (nSPS) is 22.9. The van der Waals surface area contributed by atoms with Crippen LogP contribution in [0.2, 0.25) is 0 Å². The largest absolute Gasteiger partial charge is 0.368 e. The first kappa shape index (κ1) is 16.4. The Bertz CT molecular complexity index is 304. The van der Waals surface area contributed by atoms with Gasteiger partial charge in [-0.25, -0.2) is 0 Å². The van der Waals surface area contributed by atoms with Crippen molar-refractivity contribution in [3.8, 4) is 0 Å². The molecule has 0 spiro atoms. The molecule has 1 fully saturated rings. The average molecular weight is 269 g/mol. The molecule has 0 bridgehead atoms. The highest BCUT2D eigenvalue weighted by Crippen LogP contribution is 2.28. The molecule has 0 saturated carbocycles. The van der Waals surface area contributed by atoms with Gasteiger partial charge < -0.3 is 16.0 Å². The first-order valence-electron chi connectivity index (χ1n) is 7.56. The summed E-state index contributed by atoms with van der Waals surface area (Å²) in [5, 5.41) is 3.22. The Balaban J connectivity index is 2.38. The van der Waals surface area contributed by atoms with Crippen LogP contribution in [0.15, 0.2) is 0 Å². The second-order valence-electron chi connectivity index (χ2n) is 6.87. The van der Waals surface area contributed by atoms with Gasteiger partial charge in [0.05, 0.1) is 5.54 Å². The van der Waals surface area contributed by atoms with Gasteiger partial charge in [0.25, 0.3) is 0 Å². The van der Waals surface area contributed by atoms with Crippen LogP contribution in [0.4, 0.5) is 0 Å². The van der Waals surface area contributed by atoms with E-state index < -0.39 is 5.54 Å². The van der Waals surface area contributed by atoms with E-state index in [0.29, 0.717) is 5.41 Å². The summed E-state index contributed by atoms with van der Waals surface area (Å²) in [5.41, 5.74) is 5.39. The molecule has 1 amide bonds. The van der Waals surface area contributed by atoms with Gasteiger partial charge in [-0.1, -0.05) is 20.8 Å². The van der Waals surface area contributed by atoms with Gasteiger partial charge in [0.15, 0.2) is 0 Å². The van der Waals surface area contributed by atoms with Gasteiger partial charge in [-0.2, -0.15) is 0 Å². The van der Waals surface area contributed by atoms with Crippen LogP contribution < -0.4 is 11.1 Å². The molecule has 1 aliphatic heterocycles. The summed E-state index contributed by atoms with van der Waals surface area (Å²) < 4.78 is 0. The van der Waals surface area contributed by atoms with Crippen molar-refractivity contribution in [2.45, 2.75) is 58.9 Å². The number of carbonyl (C=O) groups is 1. The van der Waals surface area contributed by atoms with Crippen molar-refractivity contribution in [1.82, 2.24) is 10.2 Å². The molecule has 1 heterocycles. The summed E-state index contributed by atoms with van der Waals surface area (Å²) in [7, 11) is 0. The molecular formula is C15H31N3O. The summed E-state index contributed by atoms with van der Waals surface area (Å²) in [6, 6.07) is 0. The Labute approximate surface area is 118 Å². The molecule has 19 heavy (non-hydrogen) atoms. The summed E-state index contributed by atoms with van der Waals surface area (Å²) in [4.78, 5) is 14.1. The summed E-state index contributed by atoms with van der Waals surface area (Å²) in [6.07, 6.45) is 4.43. The number of primary amides is 1. The predicted octanol–water partition coefficient (Wildman–Crippen LogP) is 1.74. The van der Waals surface area contributed by atoms with Crippen LogP contribution in [-0.2, 0) is 4.79 Å². The van der Waals surface area contributed by atoms with E-state index in [1.807, 2.05) is 13.8 Å². The van der Waals surface area contributed by atoms with Gasteiger partial charge in [-0.15, -0.1) is 0 Å². The van der Waals surface area contributed by atoms with Gasteiger partial charge >= 0.3 is 0 Å². The standard InChI is InChI=1S/C15H31N3O/c1-5-17-15(4,13(16)19)9-7-11-18-10-6-8-14(2,3)12-18/h17H,5-12H2,1-4H3,(H2,16,19). The number of hydrogen-bond donors (Lipinski definition) is 2. The topological polar surface area (TPSA) is 58.4 Å². The van der Waals surface area contributed by atoms with E-state index in [0.717, 1.165) is 25.9 Å². The van der Waals surface area contributed by atoms with E-state index >= 15 is 0 Å². The van der Waals surface area contributed by atoms with E-state index in [1.54, 1.807) is 0 Å². The van der Waals surface area contributed by atoms with Crippen molar-refractivity contribution in [3.63, 3.8) is 0 Å². The third-order valence-corrected chi connectivity index (χ3v) is 4.24. The van der Waals surface area contributed by atoms with E-state index in [4.69, 9.17) is 5.73 Å². The zero-order valence-electron chi connectivity index (χ0n) is 13.1. The first-order chi connectivity index (χ1) is 8.79. The van der Waals surface area contributed by atoms with E-state index in [1.165, 1.54) is 25.9 Å². The Morgan fingerprint density at radius 3 is 2.68 bits per heavy atom. The molecular weight excluding hydrogens is 238 g/mol. The molecule has 4 nitrogen and oxygen atoms in total. The van der Waals surface area contributed by atoms with Crippen molar-refractivity contribution in [3.05, 3.63) is 0 Å².